The summed E-state index contributed by atoms with van der Waals surface area (Å²) in [5, 5.41) is 35.5. The number of halogens is 2. The molecule has 516 valence electrons. The molecule has 29 nitrogen and oxygen atoms in total. The highest BCUT2D eigenvalue weighted by Gasteiger charge is 2.39. The van der Waals surface area contributed by atoms with E-state index < -0.39 is 24.4 Å². The number of hydrogen-bond acceptors (Lipinski definition) is 22. The number of cyclic esters (lactones) is 3. The summed E-state index contributed by atoms with van der Waals surface area (Å²) in [5.74, 6) is 2.55. The SMILES string of the molecule is N#Cc1cccc2c1CC(NCCCC1CN(c3ccc4c(n3)NC(=O)CO4)C(=O)O1)C2OC=O.O=C1COc2ccc(N3CC(CCCNC4Cc5ccc(F)cc5C4)OC3=O)nc2N1.O=C1COc2ccc(N3CC(CCNC4Cc5ccc(Cl)cc5C4)OC3=O)nc2N1.O=CO. The minimum Gasteiger partial charge on any atom is -0.483 e. The zero-order chi connectivity index (χ0) is 69.1. The highest BCUT2D eigenvalue weighted by Crippen LogP contribution is 2.38. The minimum absolute atomic E-state index is 0.0338. The van der Waals surface area contributed by atoms with Crippen molar-refractivity contribution in [3.05, 3.63) is 141 Å². The van der Waals surface area contributed by atoms with Gasteiger partial charge in [0.05, 0.1) is 37.3 Å². The van der Waals surface area contributed by atoms with Crippen molar-refractivity contribution in [2.45, 2.75) is 107 Å². The van der Waals surface area contributed by atoms with Gasteiger partial charge in [-0.1, -0.05) is 35.9 Å². The molecule has 0 saturated carbocycles. The van der Waals surface area contributed by atoms with Crippen LogP contribution in [0.4, 0.5) is 53.7 Å². The maximum absolute atomic E-state index is 13.4. The normalized spacial score (nSPS) is 21.6. The van der Waals surface area contributed by atoms with E-state index in [0.717, 1.165) is 79.7 Å². The largest absolute Gasteiger partial charge is 0.483 e. The van der Waals surface area contributed by atoms with Crippen molar-refractivity contribution >= 4 is 95.5 Å². The van der Waals surface area contributed by atoms with Gasteiger partial charge in [-0.3, -0.25) is 38.7 Å². The highest BCUT2D eigenvalue weighted by molar-refractivity contribution is 6.30. The molecule has 3 fully saturated rings. The quantitative estimate of drug-likeness (QED) is 0.0259. The number of benzene rings is 3. The van der Waals surface area contributed by atoms with Crippen molar-refractivity contribution in [1.29, 1.82) is 5.26 Å². The van der Waals surface area contributed by atoms with Crippen LogP contribution in [0.1, 0.15) is 77.2 Å². The number of aromatic nitrogens is 3. The number of hydrogen-bond donors (Lipinski definition) is 7. The Balaban J connectivity index is 0.000000139. The molecule has 7 N–H and O–H groups in total. The first-order chi connectivity index (χ1) is 48.1. The zero-order valence-electron chi connectivity index (χ0n) is 53.2. The molecule has 0 bridgehead atoms. The van der Waals surface area contributed by atoms with Gasteiger partial charge in [0.15, 0.2) is 54.5 Å². The number of nitrogens with one attached hydrogen (secondary N) is 6. The van der Waals surface area contributed by atoms with E-state index in [2.05, 4.69) is 59.0 Å². The van der Waals surface area contributed by atoms with E-state index >= 15 is 0 Å². The number of nitrogens with zero attached hydrogens (tertiary/aromatic N) is 7. The van der Waals surface area contributed by atoms with Gasteiger partial charge in [-0.25, -0.2) is 33.7 Å². The van der Waals surface area contributed by atoms with E-state index in [0.29, 0.717) is 116 Å². The van der Waals surface area contributed by atoms with E-state index in [1.807, 2.05) is 24.3 Å². The highest BCUT2D eigenvalue weighted by atomic mass is 35.5. The molecule has 31 heteroatoms. The molecule has 6 amide bonds. The first-order valence-corrected chi connectivity index (χ1v) is 32.7. The van der Waals surface area contributed by atoms with Gasteiger partial charge in [-0.15, -0.1) is 0 Å². The summed E-state index contributed by atoms with van der Waals surface area (Å²) in [7, 11) is 0. The molecule has 3 aromatic carbocycles. The van der Waals surface area contributed by atoms with Crippen LogP contribution in [0.3, 0.4) is 0 Å². The average Bonchev–Trinajstić information content (AvgIpc) is 1.73. The molecule has 6 aromatic rings. The summed E-state index contributed by atoms with van der Waals surface area (Å²) in [5.41, 5.74) is 7.27. The van der Waals surface area contributed by atoms with E-state index in [1.165, 1.54) is 37.5 Å². The van der Waals surface area contributed by atoms with Crippen LogP contribution in [-0.2, 0) is 75.0 Å². The molecule has 3 aromatic heterocycles. The number of carboxylic acid groups (broad SMARTS) is 1. The summed E-state index contributed by atoms with van der Waals surface area (Å²) in [6.45, 7) is 3.39. The lowest BCUT2D eigenvalue weighted by Crippen LogP contribution is -2.35. The Morgan fingerprint density at radius 1 is 0.586 bits per heavy atom. The van der Waals surface area contributed by atoms with Crippen LogP contribution < -0.4 is 60.8 Å². The molecule has 6 aliphatic heterocycles. The molecule has 0 spiro atoms. The lowest BCUT2D eigenvalue weighted by molar-refractivity contribution is -0.135. The Morgan fingerprint density at radius 2 is 1.04 bits per heavy atom. The Labute approximate surface area is 570 Å². The topological polar surface area (TPSA) is 366 Å². The number of carbonyl (C=O) groups excluding carboxylic acids is 7. The first-order valence-electron chi connectivity index (χ1n) is 32.3. The fourth-order valence-electron chi connectivity index (χ4n) is 13.2. The third-order valence-corrected chi connectivity index (χ3v) is 18.0. The summed E-state index contributed by atoms with van der Waals surface area (Å²) in [6.07, 6.45) is 5.37. The number of amides is 6. The van der Waals surface area contributed by atoms with Crippen molar-refractivity contribution in [3.63, 3.8) is 0 Å². The molecule has 3 aliphatic carbocycles. The van der Waals surface area contributed by atoms with Gasteiger partial charge in [0.2, 0.25) is 0 Å². The number of fused-ring (bicyclic) bond motifs is 6. The van der Waals surface area contributed by atoms with Crippen molar-refractivity contribution in [3.8, 4) is 23.3 Å². The van der Waals surface area contributed by atoms with Gasteiger partial charge in [0.1, 0.15) is 47.7 Å². The van der Waals surface area contributed by atoms with Gasteiger partial charge in [-0.05, 0) is 184 Å². The number of rotatable bonds is 19. The fraction of sp³-hybridized carbons (Fsp3) is 0.382. The summed E-state index contributed by atoms with van der Waals surface area (Å²) in [6, 6.07) is 29.3. The molecule has 9 heterocycles. The molecule has 15 rings (SSSR count). The van der Waals surface area contributed by atoms with Gasteiger partial charge in [0.25, 0.3) is 30.7 Å². The van der Waals surface area contributed by atoms with E-state index in [4.69, 9.17) is 54.7 Å². The number of nitriles is 1. The first kappa shape index (κ1) is 68.2. The standard InChI is InChI=1S/C24H23N5O6.C22H23FN4O4.C21H21ClN4O4.CH2O2/c25-10-14-3-1-5-16-17(14)9-18(22(16)34-13-30)26-8-2-4-15-11-29(24(32)35-15)20-7-6-19-23(27-20)28-21(31)12-33-19;23-15-4-3-13-9-16(10-14(13)8-15)24-7-1-2-17-11-27(22(29)31-17)19-6-5-18-21(25-19)26-20(28)12-30-18;22-14-2-1-12-8-15(9-13(12)7-14)23-6-5-16-10-26(21(28)30-16)18-4-3-17-20(24-18)25-19(27)11-29-17;2-1-3/h1,3,5-7,13,15,18,22,26H,2,4,8-9,11-12H2,(H,27,28,31);3-6,8,16-17,24H,1-2,7,9-12H2,(H,25,26,28);1-4,7,15-16,23H,5-6,8-11H2,(H,24,25,27);1H,(H,2,3). The van der Waals surface area contributed by atoms with E-state index in [-0.39, 0.29) is 80.0 Å². The van der Waals surface area contributed by atoms with Gasteiger partial charge in [-0.2, -0.15) is 5.26 Å². The summed E-state index contributed by atoms with van der Waals surface area (Å²) >= 11 is 6.08. The van der Waals surface area contributed by atoms with Gasteiger partial charge >= 0.3 is 18.3 Å². The lowest BCUT2D eigenvalue weighted by Gasteiger charge is -2.20. The van der Waals surface area contributed by atoms with Crippen LogP contribution in [0.25, 0.3) is 0 Å². The van der Waals surface area contributed by atoms with Gasteiger partial charge in [0, 0.05) is 17.1 Å². The minimum atomic E-state index is -0.492. The third kappa shape index (κ3) is 16.5. The maximum Gasteiger partial charge on any atom is 0.415 e. The second-order valence-electron chi connectivity index (χ2n) is 24.4. The Kier molecular flexibility index (Phi) is 21.5. The number of anilines is 6. The van der Waals surface area contributed by atoms with Crippen LogP contribution in [0, 0.1) is 17.1 Å². The molecular formula is C68H69ClFN13O16. The van der Waals surface area contributed by atoms with Crippen LogP contribution >= 0.6 is 11.6 Å². The second kappa shape index (κ2) is 31.2. The van der Waals surface area contributed by atoms with Crippen molar-refractivity contribution in [1.82, 2.24) is 30.9 Å². The van der Waals surface area contributed by atoms with E-state index in [9.17, 15) is 43.2 Å². The van der Waals surface area contributed by atoms with Crippen LogP contribution in [0.15, 0.2) is 91.0 Å². The number of carbonyl (C=O) groups is 8. The van der Waals surface area contributed by atoms with Gasteiger partial charge < -0.3 is 70.2 Å². The van der Waals surface area contributed by atoms with Crippen LogP contribution in [-0.4, -0.2) is 165 Å². The summed E-state index contributed by atoms with van der Waals surface area (Å²) < 4.78 is 51.1. The van der Waals surface area contributed by atoms with Crippen LogP contribution in [0.5, 0.6) is 17.2 Å². The van der Waals surface area contributed by atoms with Crippen molar-refractivity contribution in [2.75, 3.05) is 89.7 Å². The third-order valence-electron chi connectivity index (χ3n) is 17.8. The number of pyridine rings is 3. The average molecular weight is 1380 g/mol. The molecular weight excluding hydrogens is 1310 g/mol. The monoisotopic (exact) mass is 1380 g/mol. The predicted octanol–water partition coefficient (Wildman–Crippen LogP) is 6.47. The molecule has 0 radical (unpaired) electrons. The molecule has 7 atom stereocenters. The number of ether oxygens (including phenoxy) is 7. The van der Waals surface area contributed by atoms with Crippen molar-refractivity contribution in [2.24, 2.45) is 0 Å². The zero-order valence-corrected chi connectivity index (χ0v) is 54.0. The Hall–Kier alpha value is -10.7. The van der Waals surface area contributed by atoms with E-state index in [1.54, 1.807) is 54.6 Å². The fourth-order valence-corrected chi connectivity index (χ4v) is 13.4. The molecule has 7 unspecified atom stereocenters. The molecule has 3 saturated heterocycles. The predicted molar refractivity (Wildman–Crippen MR) is 352 cm³/mol. The second-order valence-corrected chi connectivity index (χ2v) is 24.9. The Morgan fingerprint density at radius 3 is 1.54 bits per heavy atom. The van der Waals surface area contributed by atoms with Crippen molar-refractivity contribution < 1.29 is 81.0 Å². The Bertz CT molecular complexity index is 4130. The lowest BCUT2D eigenvalue weighted by atomic mass is 10.0. The summed E-state index contributed by atoms with van der Waals surface area (Å²) in [4.78, 5) is 108. The molecule has 9 aliphatic rings. The van der Waals surface area contributed by atoms with Crippen LogP contribution in [0.2, 0.25) is 5.02 Å². The maximum atomic E-state index is 13.4. The molecule has 99 heavy (non-hydrogen) atoms. The smallest absolute Gasteiger partial charge is 0.415 e.